The van der Waals surface area contributed by atoms with Crippen LogP contribution < -0.4 is 10.5 Å². The molecular weight excluding hydrogens is 584 g/mol. The monoisotopic (exact) mass is 610 g/mol. The van der Waals surface area contributed by atoms with Crippen LogP contribution in [-0.4, -0.2) is 56.2 Å². The lowest BCUT2D eigenvalue weighted by molar-refractivity contribution is -0.137. The van der Waals surface area contributed by atoms with Crippen LogP contribution in [0, 0.1) is 19.7 Å². The Morgan fingerprint density at radius 1 is 1.00 bits per heavy atom. The molecule has 3 aromatic heterocycles. The lowest BCUT2D eigenvalue weighted by atomic mass is 10.1. The largest absolute Gasteiger partial charge is 0.416 e. The van der Waals surface area contributed by atoms with E-state index < -0.39 is 17.6 Å². The number of nitrogens with zero attached hydrogens (tertiary/aromatic N) is 6. The second-order valence-corrected chi connectivity index (χ2v) is 11.2. The van der Waals surface area contributed by atoms with E-state index in [2.05, 4.69) is 10.1 Å². The molecule has 0 bridgehead atoms. The molecule has 0 aliphatic carbocycles. The van der Waals surface area contributed by atoms with Gasteiger partial charge in [-0.2, -0.15) is 18.3 Å². The van der Waals surface area contributed by atoms with E-state index in [4.69, 9.17) is 0 Å². The summed E-state index contributed by atoms with van der Waals surface area (Å²) in [4.78, 5) is 35.6. The Bertz CT molecular complexity index is 1900. The lowest BCUT2D eigenvalue weighted by Crippen LogP contribution is -2.49. The van der Waals surface area contributed by atoms with Gasteiger partial charge in [-0.3, -0.25) is 14.0 Å². The fraction of sp³-hybridized carbons (Fsp3) is 0.267. The highest BCUT2D eigenvalue weighted by molar-refractivity contribution is 7.15. The molecule has 0 saturated carbocycles. The van der Waals surface area contributed by atoms with E-state index >= 15 is 0 Å². The van der Waals surface area contributed by atoms with Crippen molar-refractivity contribution < 1.29 is 22.4 Å². The molecule has 1 aliphatic rings. The standard InChI is InChI=1S/C30H26F4N6O2S/c1-18-14-24(36-40(18)25-9-4-3-8-23(25)31)27-19(2)35-29-39(28(27)42)22(17-43-29)16-26(41)38-12-10-37(11-13-38)21-7-5-6-20(15-21)30(32,33)34/h3-9,14-15,17H,10-13,16H2,1-2H3. The fourth-order valence-corrected chi connectivity index (χ4v) is 6.27. The number of benzene rings is 2. The summed E-state index contributed by atoms with van der Waals surface area (Å²) in [7, 11) is 0. The third kappa shape index (κ3) is 5.40. The number of halogens is 4. The van der Waals surface area contributed by atoms with E-state index in [1.165, 1.54) is 32.6 Å². The highest BCUT2D eigenvalue weighted by atomic mass is 32.1. The molecule has 1 saturated heterocycles. The van der Waals surface area contributed by atoms with Gasteiger partial charge in [0.2, 0.25) is 5.91 Å². The molecule has 43 heavy (non-hydrogen) atoms. The molecule has 4 heterocycles. The van der Waals surface area contributed by atoms with Gasteiger partial charge in [0.05, 0.1) is 23.2 Å². The summed E-state index contributed by atoms with van der Waals surface area (Å²) in [5, 5.41) is 6.25. The van der Waals surface area contributed by atoms with Gasteiger partial charge < -0.3 is 9.80 Å². The summed E-state index contributed by atoms with van der Waals surface area (Å²) < 4.78 is 56.8. The van der Waals surface area contributed by atoms with Gasteiger partial charge in [0.1, 0.15) is 17.2 Å². The number of hydrogen-bond donors (Lipinski definition) is 0. The third-order valence-electron chi connectivity index (χ3n) is 7.55. The number of aromatic nitrogens is 4. The molecule has 13 heteroatoms. The minimum absolute atomic E-state index is 0.0453. The Morgan fingerprint density at radius 3 is 2.47 bits per heavy atom. The summed E-state index contributed by atoms with van der Waals surface area (Å²) in [5.74, 6) is -0.645. The maximum Gasteiger partial charge on any atom is 0.416 e. The predicted molar refractivity (Wildman–Crippen MR) is 155 cm³/mol. The van der Waals surface area contributed by atoms with E-state index in [0.29, 0.717) is 59.6 Å². The van der Waals surface area contributed by atoms with Crippen molar-refractivity contribution in [2.24, 2.45) is 0 Å². The summed E-state index contributed by atoms with van der Waals surface area (Å²) in [6, 6.07) is 13.1. The summed E-state index contributed by atoms with van der Waals surface area (Å²) in [6.45, 7) is 4.91. The Labute approximate surface area is 247 Å². The van der Waals surface area contributed by atoms with Crippen molar-refractivity contribution in [3.63, 3.8) is 0 Å². The number of para-hydroxylation sites is 1. The quantitative estimate of drug-likeness (QED) is 0.254. The number of amides is 1. The highest BCUT2D eigenvalue weighted by Gasteiger charge is 2.31. The second-order valence-electron chi connectivity index (χ2n) is 10.3. The minimum Gasteiger partial charge on any atom is -0.368 e. The summed E-state index contributed by atoms with van der Waals surface area (Å²) in [5.41, 5.74) is 1.82. The molecule has 8 nitrogen and oxygen atoms in total. The number of anilines is 1. The number of hydrogen-bond acceptors (Lipinski definition) is 6. The van der Waals surface area contributed by atoms with Crippen molar-refractivity contribution in [2.45, 2.75) is 26.4 Å². The SMILES string of the molecule is Cc1nc2scc(CC(=O)N3CCN(c4cccc(C(F)(F)F)c4)CC3)n2c(=O)c1-c1cc(C)n(-c2ccccc2F)n1. The van der Waals surface area contributed by atoms with Gasteiger partial charge in [0.15, 0.2) is 4.96 Å². The van der Waals surface area contributed by atoms with Crippen LogP contribution in [0.3, 0.4) is 0 Å². The van der Waals surface area contributed by atoms with Crippen LogP contribution >= 0.6 is 11.3 Å². The first-order valence-corrected chi connectivity index (χ1v) is 14.4. The number of carbonyl (C=O) groups is 1. The second kappa shape index (κ2) is 11.0. The maximum atomic E-state index is 14.5. The number of rotatable bonds is 5. The van der Waals surface area contributed by atoms with E-state index in [0.717, 1.165) is 12.1 Å². The molecule has 0 N–H and O–H groups in total. The zero-order valence-electron chi connectivity index (χ0n) is 23.2. The Morgan fingerprint density at radius 2 is 1.74 bits per heavy atom. The number of aryl methyl sites for hydroxylation is 2. The smallest absolute Gasteiger partial charge is 0.368 e. The molecule has 1 amide bonds. The first-order valence-electron chi connectivity index (χ1n) is 13.5. The summed E-state index contributed by atoms with van der Waals surface area (Å²) in [6.07, 6.45) is -4.47. The zero-order chi connectivity index (χ0) is 30.5. The normalized spacial score (nSPS) is 14.1. The van der Waals surface area contributed by atoms with Crippen molar-refractivity contribution in [1.82, 2.24) is 24.1 Å². The zero-order valence-corrected chi connectivity index (χ0v) is 24.0. The van der Waals surface area contributed by atoms with E-state index in [1.54, 1.807) is 54.5 Å². The number of fused-ring (bicyclic) bond motifs is 1. The molecule has 2 aromatic carbocycles. The molecule has 222 valence electrons. The molecule has 1 aliphatic heterocycles. The molecule has 0 unspecified atom stereocenters. The topological polar surface area (TPSA) is 75.7 Å². The van der Waals surface area contributed by atoms with Gasteiger partial charge in [0, 0.05) is 48.6 Å². The van der Waals surface area contributed by atoms with E-state index in [9.17, 15) is 27.2 Å². The predicted octanol–water partition coefficient (Wildman–Crippen LogP) is 5.27. The molecule has 0 spiro atoms. The molecule has 1 fully saturated rings. The molecular formula is C30H26F4N6O2S. The van der Waals surface area contributed by atoms with Crippen LogP contribution in [0.1, 0.15) is 22.6 Å². The van der Waals surface area contributed by atoms with Gasteiger partial charge >= 0.3 is 6.18 Å². The maximum absolute atomic E-state index is 14.5. The first kappa shape index (κ1) is 28.6. The Kier molecular flexibility index (Phi) is 7.28. The van der Waals surface area contributed by atoms with Crippen LogP contribution in [0.25, 0.3) is 21.9 Å². The Hall–Kier alpha value is -4.52. The van der Waals surface area contributed by atoms with Crippen LogP contribution in [0.2, 0.25) is 0 Å². The fourth-order valence-electron chi connectivity index (χ4n) is 5.35. The number of alkyl halides is 3. The van der Waals surface area contributed by atoms with Gasteiger partial charge in [-0.25, -0.2) is 14.1 Å². The molecule has 0 radical (unpaired) electrons. The van der Waals surface area contributed by atoms with Crippen LogP contribution in [-0.2, 0) is 17.4 Å². The van der Waals surface area contributed by atoms with Crippen molar-refractivity contribution in [1.29, 1.82) is 0 Å². The molecule has 5 aromatic rings. The van der Waals surface area contributed by atoms with Crippen LogP contribution in [0.15, 0.2) is 64.8 Å². The first-order chi connectivity index (χ1) is 20.5. The van der Waals surface area contributed by atoms with Gasteiger partial charge in [0.25, 0.3) is 5.56 Å². The van der Waals surface area contributed by atoms with Crippen molar-refractivity contribution in [3.8, 4) is 16.9 Å². The van der Waals surface area contributed by atoms with Crippen LogP contribution in [0.5, 0.6) is 0 Å². The van der Waals surface area contributed by atoms with Crippen molar-refractivity contribution in [2.75, 3.05) is 31.1 Å². The lowest BCUT2D eigenvalue weighted by Gasteiger charge is -2.36. The molecule has 6 rings (SSSR count). The van der Waals surface area contributed by atoms with Gasteiger partial charge in [-0.05, 0) is 50.2 Å². The third-order valence-corrected chi connectivity index (χ3v) is 8.42. The van der Waals surface area contributed by atoms with Gasteiger partial charge in [-0.1, -0.05) is 18.2 Å². The highest BCUT2D eigenvalue weighted by Crippen LogP contribution is 2.32. The number of piperazine rings is 1. The number of carbonyl (C=O) groups excluding carboxylic acids is 1. The Balaban J connectivity index is 1.23. The van der Waals surface area contributed by atoms with Crippen LogP contribution in [0.4, 0.5) is 23.2 Å². The summed E-state index contributed by atoms with van der Waals surface area (Å²) >= 11 is 1.25. The average Bonchev–Trinajstić information content (AvgIpc) is 3.55. The number of thiazole rings is 1. The van der Waals surface area contributed by atoms with Crippen molar-refractivity contribution >= 4 is 27.9 Å². The van der Waals surface area contributed by atoms with Crippen molar-refractivity contribution in [3.05, 3.63) is 98.8 Å². The van der Waals surface area contributed by atoms with Gasteiger partial charge in [-0.15, -0.1) is 11.3 Å². The minimum atomic E-state index is -4.43. The molecule has 0 atom stereocenters. The average molecular weight is 611 g/mol. The van der Waals surface area contributed by atoms with E-state index in [1.807, 2.05) is 4.90 Å². The van der Waals surface area contributed by atoms with E-state index in [-0.39, 0.29) is 29.1 Å².